The fourth-order valence-electron chi connectivity index (χ4n) is 1.57. The van der Waals surface area contributed by atoms with E-state index in [9.17, 15) is 5.11 Å². The van der Waals surface area contributed by atoms with Crippen LogP contribution in [0.2, 0.25) is 0 Å². The molecule has 1 heterocycles. The lowest BCUT2D eigenvalue weighted by Crippen LogP contribution is -2.35. The molecule has 1 aliphatic rings. The van der Waals surface area contributed by atoms with Crippen LogP contribution in [0.4, 0.5) is 0 Å². The van der Waals surface area contributed by atoms with Crippen molar-refractivity contribution in [3.05, 3.63) is 0 Å². The van der Waals surface area contributed by atoms with Gasteiger partial charge in [0.2, 0.25) is 0 Å². The minimum absolute atomic E-state index is 0.370. The smallest absolute Gasteiger partial charge is 0.112 e. The first kappa shape index (κ1) is 11.0. The maximum Gasteiger partial charge on any atom is 0.112 e. The Kier molecular flexibility index (Phi) is 3.73. The zero-order valence-corrected chi connectivity index (χ0v) is 7.88. The molecule has 0 aromatic rings. The summed E-state index contributed by atoms with van der Waals surface area (Å²) < 4.78 is 10.2. The molecule has 2 radical (unpaired) electrons. The summed E-state index contributed by atoms with van der Waals surface area (Å²) >= 11 is 0. The average molecular weight is 186 g/mol. The van der Waals surface area contributed by atoms with Crippen LogP contribution in [0.15, 0.2) is 0 Å². The van der Waals surface area contributed by atoms with Crippen LogP contribution in [0.3, 0.4) is 0 Å². The fourth-order valence-corrected chi connectivity index (χ4v) is 1.57. The van der Waals surface area contributed by atoms with Gasteiger partial charge in [0.25, 0.3) is 0 Å². The monoisotopic (exact) mass is 186 g/mol. The lowest BCUT2D eigenvalue weighted by atomic mass is 9.92. The summed E-state index contributed by atoms with van der Waals surface area (Å²) in [6.07, 6.45) is -1.82. The number of ether oxygens (including phenoxy) is 2. The molecule has 0 amide bonds. The molecular weight excluding hydrogens is 171 g/mol. The third-order valence-electron chi connectivity index (χ3n) is 2.22. The molecule has 1 saturated heterocycles. The highest BCUT2D eigenvalue weighted by atomic mass is 16.6. The minimum Gasteiger partial charge on any atom is -0.393 e. The van der Waals surface area contributed by atoms with E-state index in [1.54, 1.807) is 6.92 Å². The number of aliphatic hydroxyl groups is 2. The van der Waals surface area contributed by atoms with Gasteiger partial charge in [-0.2, -0.15) is 0 Å². The van der Waals surface area contributed by atoms with Crippen molar-refractivity contribution in [1.29, 1.82) is 0 Å². The van der Waals surface area contributed by atoms with E-state index >= 15 is 0 Å². The van der Waals surface area contributed by atoms with Crippen LogP contribution in [0, 0.1) is 0 Å². The van der Waals surface area contributed by atoms with Gasteiger partial charge in [0.15, 0.2) is 0 Å². The van der Waals surface area contributed by atoms with Gasteiger partial charge < -0.3 is 19.7 Å². The molecular formula is C8H15BO4. The normalized spacial score (nSPS) is 42.2. The molecule has 1 fully saturated rings. The topological polar surface area (TPSA) is 58.9 Å². The van der Waals surface area contributed by atoms with Crippen molar-refractivity contribution < 1.29 is 19.7 Å². The van der Waals surface area contributed by atoms with Crippen LogP contribution in [0.5, 0.6) is 0 Å². The summed E-state index contributed by atoms with van der Waals surface area (Å²) in [6.45, 7) is 1.64. The molecule has 4 nitrogen and oxygen atoms in total. The maximum absolute atomic E-state index is 9.63. The zero-order valence-electron chi connectivity index (χ0n) is 7.88. The molecule has 1 aliphatic heterocycles. The van der Waals surface area contributed by atoms with Gasteiger partial charge in [-0.05, 0) is 6.92 Å². The van der Waals surface area contributed by atoms with Crippen molar-refractivity contribution in [2.75, 3.05) is 7.11 Å². The summed E-state index contributed by atoms with van der Waals surface area (Å²) in [5, 5.41) is 18.7. The van der Waals surface area contributed by atoms with Crippen molar-refractivity contribution >= 4 is 7.85 Å². The van der Waals surface area contributed by atoms with Gasteiger partial charge in [-0.3, -0.25) is 0 Å². The molecule has 0 spiro atoms. The molecule has 13 heavy (non-hydrogen) atoms. The molecule has 0 bridgehead atoms. The van der Waals surface area contributed by atoms with E-state index in [1.807, 2.05) is 0 Å². The van der Waals surface area contributed by atoms with Gasteiger partial charge in [0.05, 0.1) is 12.2 Å². The number of hydrogen-bond donors (Lipinski definition) is 2. The standard InChI is InChI=1S/C8H15BO4/c1-4(10)3-5-6(11)7(12-2)8(9)13-5/h4-8,10-11H,3H2,1-2H3. The Bertz CT molecular complexity index is 164. The van der Waals surface area contributed by atoms with Gasteiger partial charge in [0.1, 0.15) is 20.1 Å². The van der Waals surface area contributed by atoms with Crippen LogP contribution in [-0.2, 0) is 9.47 Å². The number of methoxy groups -OCH3 is 1. The Morgan fingerprint density at radius 3 is 2.62 bits per heavy atom. The fraction of sp³-hybridized carbons (Fsp3) is 1.00. The van der Waals surface area contributed by atoms with Gasteiger partial charge in [-0.25, -0.2) is 0 Å². The van der Waals surface area contributed by atoms with E-state index < -0.39 is 30.4 Å². The molecule has 5 unspecified atom stereocenters. The van der Waals surface area contributed by atoms with Crippen LogP contribution in [0.25, 0.3) is 0 Å². The van der Waals surface area contributed by atoms with Crippen molar-refractivity contribution in [1.82, 2.24) is 0 Å². The third kappa shape index (κ3) is 2.43. The Labute approximate surface area is 79.3 Å². The van der Waals surface area contributed by atoms with Crippen LogP contribution >= 0.6 is 0 Å². The largest absolute Gasteiger partial charge is 0.393 e. The van der Waals surface area contributed by atoms with Crippen LogP contribution < -0.4 is 0 Å². The maximum atomic E-state index is 9.63. The molecule has 2 N–H and O–H groups in total. The highest BCUT2D eigenvalue weighted by molar-refractivity contribution is 6.11. The van der Waals surface area contributed by atoms with Crippen LogP contribution in [0.1, 0.15) is 13.3 Å². The highest BCUT2D eigenvalue weighted by Crippen LogP contribution is 2.24. The predicted molar refractivity (Wildman–Crippen MR) is 47.5 cm³/mol. The molecule has 5 atom stereocenters. The average Bonchev–Trinajstić information content (AvgIpc) is 2.26. The van der Waals surface area contributed by atoms with E-state index in [2.05, 4.69) is 0 Å². The molecule has 5 heteroatoms. The van der Waals surface area contributed by atoms with E-state index in [1.165, 1.54) is 7.11 Å². The lowest BCUT2D eigenvalue weighted by Gasteiger charge is -2.17. The SMILES string of the molecule is [B]C1OC(CC(C)O)C(O)C1OC. The van der Waals surface area contributed by atoms with Crippen LogP contribution in [-0.4, -0.2) is 55.6 Å². The molecule has 0 aromatic heterocycles. The molecule has 74 valence electrons. The first-order chi connectivity index (χ1) is 6.06. The summed E-state index contributed by atoms with van der Waals surface area (Å²) in [5.41, 5.74) is 0. The first-order valence-corrected chi connectivity index (χ1v) is 4.36. The van der Waals surface area contributed by atoms with Gasteiger partial charge in [-0.1, -0.05) is 0 Å². The quantitative estimate of drug-likeness (QED) is 0.556. The van der Waals surface area contributed by atoms with E-state index in [4.69, 9.17) is 22.4 Å². The molecule has 0 saturated carbocycles. The Morgan fingerprint density at radius 1 is 1.62 bits per heavy atom. The van der Waals surface area contributed by atoms with E-state index in [-0.39, 0.29) is 0 Å². The minimum atomic E-state index is -0.755. The first-order valence-electron chi connectivity index (χ1n) is 4.36. The van der Waals surface area contributed by atoms with Crippen molar-refractivity contribution in [2.45, 2.75) is 43.8 Å². The van der Waals surface area contributed by atoms with Gasteiger partial charge in [-0.15, -0.1) is 0 Å². The summed E-state index contributed by atoms with van der Waals surface area (Å²) in [7, 11) is 7.03. The Balaban J connectivity index is 2.51. The van der Waals surface area contributed by atoms with E-state index in [0.717, 1.165) is 0 Å². The second-order valence-corrected chi connectivity index (χ2v) is 3.41. The molecule has 1 rings (SSSR count). The summed E-state index contributed by atoms with van der Waals surface area (Å²) in [4.78, 5) is 0. The number of aliphatic hydroxyl groups excluding tert-OH is 2. The van der Waals surface area contributed by atoms with Crippen molar-refractivity contribution in [3.8, 4) is 0 Å². The highest BCUT2D eigenvalue weighted by Gasteiger charge is 2.41. The second-order valence-electron chi connectivity index (χ2n) is 3.41. The second kappa shape index (κ2) is 4.42. The zero-order chi connectivity index (χ0) is 10.0. The van der Waals surface area contributed by atoms with Gasteiger partial charge in [0, 0.05) is 19.5 Å². The van der Waals surface area contributed by atoms with Gasteiger partial charge >= 0.3 is 0 Å². The predicted octanol–water partition coefficient (Wildman–Crippen LogP) is -0.973. The number of rotatable bonds is 3. The Morgan fingerprint density at radius 2 is 2.23 bits per heavy atom. The van der Waals surface area contributed by atoms with E-state index in [0.29, 0.717) is 6.42 Å². The number of hydrogen-bond acceptors (Lipinski definition) is 4. The Hall–Kier alpha value is -0.0951. The lowest BCUT2D eigenvalue weighted by molar-refractivity contribution is -0.0105. The third-order valence-corrected chi connectivity index (χ3v) is 2.22. The van der Waals surface area contributed by atoms with Crippen molar-refractivity contribution in [3.63, 3.8) is 0 Å². The molecule has 0 aromatic carbocycles. The molecule has 0 aliphatic carbocycles. The summed E-state index contributed by atoms with van der Waals surface area (Å²) in [5.74, 6) is 0. The van der Waals surface area contributed by atoms with Crippen molar-refractivity contribution in [2.24, 2.45) is 0 Å². The summed E-state index contributed by atoms with van der Waals surface area (Å²) in [6, 6.07) is -0.608.